The molecule has 1 aromatic heterocycles. The van der Waals surface area contributed by atoms with Crippen molar-refractivity contribution in [1.82, 2.24) is 10.6 Å². The number of hydrogen-bond acceptors (Lipinski definition) is 4. The Kier molecular flexibility index (Phi) is 4.67. The molecule has 1 unspecified atom stereocenters. The third-order valence-electron chi connectivity index (χ3n) is 3.84. The molecule has 1 fully saturated rings. The number of guanidine groups is 1. The van der Waals surface area contributed by atoms with Gasteiger partial charge in [0.2, 0.25) is 0 Å². The number of rotatable bonds is 5. The maximum atomic E-state index is 10.4. The summed E-state index contributed by atoms with van der Waals surface area (Å²) in [6.45, 7) is 2.63. The highest BCUT2D eigenvalue weighted by Gasteiger charge is 2.34. The molecule has 1 aromatic rings. The van der Waals surface area contributed by atoms with Gasteiger partial charge < -0.3 is 20.8 Å². The number of thiophene rings is 1. The molecule has 1 atom stereocenters. The number of nitrogens with zero attached hydrogens (tertiary/aromatic N) is 1. The van der Waals surface area contributed by atoms with Crippen molar-refractivity contribution in [2.45, 2.75) is 37.4 Å². The molecule has 0 amide bonds. The van der Waals surface area contributed by atoms with Gasteiger partial charge in [-0.15, -0.1) is 0 Å². The van der Waals surface area contributed by atoms with E-state index in [1.54, 1.807) is 25.3 Å². The van der Waals surface area contributed by atoms with Crippen LogP contribution in [0.15, 0.2) is 21.8 Å². The Balaban J connectivity index is 1.82. The molecule has 0 aliphatic heterocycles. The Labute approximate surface area is 123 Å². The van der Waals surface area contributed by atoms with Crippen molar-refractivity contribution < 1.29 is 10.2 Å². The fourth-order valence-corrected chi connectivity index (χ4v) is 2.94. The molecule has 0 bridgehead atoms. The van der Waals surface area contributed by atoms with Gasteiger partial charge in [-0.3, -0.25) is 4.99 Å². The van der Waals surface area contributed by atoms with E-state index in [0.717, 1.165) is 24.8 Å². The Hall–Kier alpha value is -1.11. The van der Waals surface area contributed by atoms with Crippen molar-refractivity contribution in [2.75, 3.05) is 20.1 Å². The SMILES string of the molecule is CN=C(NCC1(O)CCC1)NCC(C)(O)c1ccsc1. The fraction of sp³-hybridized carbons (Fsp3) is 0.643. The first-order valence-electron chi connectivity index (χ1n) is 6.87. The van der Waals surface area contributed by atoms with Crippen LogP contribution in [-0.4, -0.2) is 41.9 Å². The molecular formula is C14H23N3O2S. The van der Waals surface area contributed by atoms with Crippen LogP contribution in [0.5, 0.6) is 0 Å². The van der Waals surface area contributed by atoms with E-state index in [9.17, 15) is 10.2 Å². The lowest BCUT2D eigenvalue weighted by Crippen LogP contribution is -2.52. The number of hydrogen-bond donors (Lipinski definition) is 4. The Bertz CT molecular complexity index is 453. The molecule has 5 nitrogen and oxygen atoms in total. The highest BCUT2D eigenvalue weighted by Crippen LogP contribution is 2.30. The first-order valence-corrected chi connectivity index (χ1v) is 7.81. The van der Waals surface area contributed by atoms with Crippen molar-refractivity contribution in [3.05, 3.63) is 22.4 Å². The van der Waals surface area contributed by atoms with Crippen molar-refractivity contribution in [2.24, 2.45) is 4.99 Å². The summed E-state index contributed by atoms with van der Waals surface area (Å²) in [4.78, 5) is 4.11. The van der Waals surface area contributed by atoms with Gasteiger partial charge in [-0.2, -0.15) is 11.3 Å². The smallest absolute Gasteiger partial charge is 0.191 e. The minimum Gasteiger partial charge on any atom is -0.388 e. The van der Waals surface area contributed by atoms with Crippen LogP contribution in [0, 0.1) is 0 Å². The predicted octanol–water partition coefficient (Wildman–Crippen LogP) is 1.04. The van der Waals surface area contributed by atoms with Gasteiger partial charge in [-0.05, 0) is 48.6 Å². The quantitative estimate of drug-likeness (QED) is 0.484. The van der Waals surface area contributed by atoms with Gasteiger partial charge in [0, 0.05) is 13.6 Å². The molecule has 2 rings (SSSR count). The predicted molar refractivity (Wildman–Crippen MR) is 82.1 cm³/mol. The summed E-state index contributed by atoms with van der Waals surface area (Å²) in [6.07, 6.45) is 2.75. The maximum absolute atomic E-state index is 10.4. The lowest BCUT2D eigenvalue weighted by Gasteiger charge is -2.37. The van der Waals surface area contributed by atoms with E-state index < -0.39 is 11.2 Å². The first kappa shape index (κ1) is 15.3. The molecule has 0 aromatic carbocycles. The van der Waals surface area contributed by atoms with Crippen LogP contribution in [0.2, 0.25) is 0 Å². The second-order valence-electron chi connectivity index (χ2n) is 5.64. The van der Waals surface area contributed by atoms with Crippen molar-refractivity contribution in [3.63, 3.8) is 0 Å². The summed E-state index contributed by atoms with van der Waals surface area (Å²) in [7, 11) is 1.68. The standard InChI is InChI=1S/C14H23N3O2S/c1-13(18,11-4-7-20-8-11)9-16-12(15-2)17-10-14(19)5-3-6-14/h4,7-8,18-19H,3,5-6,9-10H2,1-2H3,(H2,15,16,17). The third-order valence-corrected chi connectivity index (χ3v) is 4.52. The Morgan fingerprint density at radius 2 is 2.25 bits per heavy atom. The van der Waals surface area contributed by atoms with E-state index in [-0.39, 0.29) is 0 Å². The summed E-state index contributed by atoms with van der Waals surface area (Å²) < 4.78 is 0. The second kappa shape index (κ2) is 6.11. The minimum absolute atomic E-state index is 0.363. The van der Waals surface area contributed by atoms with Crippen LogP contribution in [-0.2, 0) is 5.60 Å². The molecule has 1 heterocycles. The zero-order valence-electron chi connectivity index (χ0n) is 12.0. The van der Waals surface area contributed by atoms with Gasteiger partial charge in [-0.25, -0.2) is 0 Å². The Morgan fingerprint density at radius 1 is 1.50 bits per heavy atom. The van der Waals surface area contributed by atoms with E-state index >= 15 is 0 Å². The van der Waals surface area contributed by atoms with Gasteiger partial charge in [0.1, 0.15) is 5.60 Å². The molecule has 1 saturated carbocycles. The van der Waals surface area contributed by atoms with E-state index in [0.29, 0.717) is 19.0 Å². The van der Waals surface area contributed by atoms with Gasteiger partial charge in [0.15, 0.2) is 5.96 Å². The largest absolute Gasteiger partial charge is 0.388 e. The molecule has 1 aliphatic rings. The van der Waals surface area contributed by atoms with Crippen molar-refractivity contribution >= 4 is 17.3 Å². The van der Waals surface area contributed by atoms with Crippen LogP contribution in [0.3, 0.4) is 0 Å². The summed E-state index contributed by atoms with van der Waals surface area (Å²) in [6, 6.07) is 1.92. The van der Waals surface area contributed by atoms with Gasteiger partial charge in [0.05, 0.1) is 12.1 Å². The maximum Gasteiger partial charge on any atom is 0.191 e. The van der Waals surface area contributed by atoms with Crippen LogP contribution < -0.4 is 10.6 Å². The van der Waals surface area contributed by atoms with E-state index in [4.69, 9.17) is 0 Å². The highest BCUT2D eigenvalue weighted by atomic mass is 32.1. The zero-order valence-corrected chi connectivity index (χ0v) is 12.8. The number of aliphatic hydroxyl groups is 2. The first-order chi connectivity index (χ1) is 9.45. The summed E-state index contributed by atoms with van der Waals surface area (Å²) in [5.74, 6) is 0.598. The van der Waals surface area contributed by atoms with Gasteiger partial charge in [0.25, 0.3) is 0 Å². The molecule has 0 saturated heterocycles. The monoisotopic (exact) mass is 297 g/mol. The van der Waals surface area contributed by atoms with Crippen LogP contribution in [0.1, 0.15) is 31.7 Å². The van der Waals surface area contributed by atoms with Crippen molar-refractivity contribution in [1.29, 1.82) is 0 Å². The molecule has 0 spiro atoms. The molecule has 4 N–H and O–H groups in total. The molecule has 20 heavy (non-hydrogen) atoms. The van der Waals surface area contributed by atoms with Crippen LogP contribution >= 0.6 is 11.3 Å². The summed E-state index contributed by atoms with van der Waals surface area (Å²) in [5, 5.41) is 30.6. The lowest BCUT2D eigenvalue weighted by molar-refractivity contribution is -0.0279. The number of aliphatic imine (C=N–C) groups is 1. The van der Waals surface area contributed by atoms with Crippen molar-refractivity contribution in [3.8, 4) is 0 Å². The van der Waals surface area contributed by atoms with Crippen LogP contribution in [0.25, 0.3) is 0 Å². The Morgan fingerprint density at radius 3 is 2.75 bits per heavy atom. The van der Waals surface area contributed by atoms with Gasteiger partial charge in [-0.1, -0.05) is 0 Å². The van der Waals surface area contributed by atoms with E-state index in [1.165, 1.54) is 0 Å². The molecule has 6 heteroatoms. The van der Waals surface area contributed by atoms with Crippen LogP contribution in [0.4, 0.5) is 0 Å². The third kappa shape index (κ3) is 3.71. The summed E-state index contributed by atoms with van der Waals surface area (Å²) >= 11 is 1.56. The minimum atomic E-state index is -0.939. The molecule has 0 radical (unpaired) electrons. The molecular weight excluding hydrogens is 274 g/mol. The number of nitrogens with one attached hydrogen (secondary N) is 2. The van der Waals surface area contributed by atoms with E-state index in [2.05, 4.69) is 15.6 Å². The van der Waals surface area contributed by atoms with E-state index in [1.807, 2.05) is 16.8 Å². The lowest BCUT2D eigenvalue weighted by atomic mass is 9.80. The highest BCUT2D eigenvalue weighted by molar-refractivity contribution is 7.08. The zero-order chi connectivity index (χ0) is 14.6. The second-order valence-corrected chi connectivity index (χ2v) is 6.42. The fourth-order valence-electron chi connectivity index (χ4n) is 2.16. The summed E-state index contributed by atoms with van der Waals surface area (Å²) in [5.41, 5.74) is -0.638. The molecule has 1 aliphatic carbocycles. The van der Waals surface area contributed by atoms with Gasteiger partial charge >= 0.3 is 0 Å². The topological polar surface area (TPSA) is 76.9 Å². The average Bonchev–Trinajstić information content (AvgIpc) is 2.91. The molecule has 112 valence electrons. The average molecular weight is 297 g/mol. The normalized spacial score (nSPS) is 20.9.